The summed E-state index contributed by atoms with van der Waals surface area (Å²) in [6.07, 6.45) is 2.94. The number of nitrogens with zero attached hydrogens (tertiary/aromatic N) is 1. The number of amides is 2. The van der Waals surface area contributed by atoms with Crippen molar-refractivity contribution >= 4 is 32.5 Å². The predicted molar refractivity (Wildman–Crippen MR) is 100 cm³/mol. The minimum Gasteiger partial charge on any atom is -0.324 e. The van der Waals surface area contributed by atoms with E-state index in [-0.39, 0.29) is 11.9 Å². The van der Waals surface area contributed by atoms with E-state index in [9.17, 15) is 13.2 Å². The summed E-state index contributed by atoms with van der Waals surface area (Å²) in [5, 5.41) is 5.08. The number of benzene rings is 2. The van der Waals surface area contributed by atoms with Gasteiger partial charge in [0.15, 0.2) is 0 Å². The van der Waals surface area contributed by atoms with Crippen LogP contribution in [0.25, 0.3) is 10.8 Å². The molecule has 0 aromatic heterocycles. The molecule has 7 heteroatoms. The van der Waals surface area contributed by atoms with Crippen molar-refractivity contribution < 1.29 is 13.2 Å². The van der Waals surface area contributed by atoms with Crippen LogP contribution in [-0.4, -0.2) is 45.2 Å². The van der Waals surface area contributed by atoms with E-state index in [1.54, 1.807) is 4.90 Å². The van der Waals surface area contributed by atoms with Gasteiger partial charge < -0.3 is 10.2 Å². The van der Waals surface area contributed by atoms with E-state index in [4.69, 9.17) is 0 Å². The molecule has 0 radical (unpaired) electrons. The Morgan fingerprint density at radius 3 is 2.76 bits per heavy atom. The highest BCUT2D eigenvalue weighted by molar-refractivity contribution is 7.88. The maximum absolute atomic E-state index is 12.6. The summed E-state index contributed by atoms with van der Waals surface area (Å²) in [6, 6.07) is 13.6. The van der Waals surface area contributed by atoms with Crippen LogP contribution in [0.5, 0.6) is 0 Å². The fourth-order valence-electron chi connectivity index (χ4n) is 3.21. The van der Waals surface area contributed by atoms with Gasteiger partial charge >= 0.3 is 6.03 Å². The van der Waals surface area contributed by atoms with Crippen molar-refractivity contribution in [1.82, 2.24) is 9.62 Å². The van der Waals surface area contributed by atoms with Crippen molar-refractivity contribution in [3.05, 3.63) is 42.5 Å². The first-order valence-corrected chi connectivity index (χ1v) is 10.3. The number of carbonyl (C=O) groups excluding carboxylic acids is 1. The van der Waals surface area contributed by atoms with Crippen LogP contribution < -0.4 is 10.0 Å². The van der Waals surface area contributed by atoms with Gasteiger partial charge in [-0.15, -0.1) is 0 Å². The lowest BCUT2D eigenvalue weighted by Crippen LogP contribution is -2.45. The molecule has 2 amide bonds. The molecule has 1 aliphatic heterocycles. The van der Waals surface area contributed by atoms with Crippen LogP contribution >= 0.6 is 0 Å². The quantitative estimate of drug-likeness (QED) is 0.879. The maximum atomic E-state index is 12.6. The normalized spacial score (nSPS) is 18.3. The Balaban J connectivity index is 1.66. The molecule has 1 heterocycles. The zero-order chi connectivity index (χ0) is 17.9. The number of likely N-dealkylation sites (tertiary alicyclic amines) is 1. The van der Waals surface area contributed by atoms with Gasteiger partial charge in [-0.1, -0.05) is 36.4 Å². The van der Waals surface area contributed by atoms with Crippen molar-refractivity contribution in [2.45, 2.75) is 12.8 Å². The molecule has 25 heavy (non-hydrogen) atoms. The summed E-state index contributed by atoms with van der Waals surface area (Å²) < 4.78 is 25.0. The van der Waals surface area contributed by atoms with E-state index < -0.39 is 10.0 Å². The van der Waals surface area contributed by atoms with Crippen LogP contribution in [0.4, 0.5) is 10.5 Å². The Morgan fingerprint density at radius 1 is 1.20 bits per heavy atom. The SMILES string of the molecule is CS(=O)(=O)NC[C@@H]1CCCN(C(=O)Nc2cccc3ccccc23)C1. The number of hydrogen-bond acceptors (Lipinski definition) is 3. The molecule has 0 unspecified atom stereocenters. The highest BCUT2D eigenvalue weighted by Gasteiger charge is 2.24. The van der Waals surface area contributed by atoms with Gasteiger partial charge in [-0.05, 0) is 30.2 Å². The van der Waals surface area contributed by atoms with Crippen molar-refractivity contribution in [1.29, 1.82) is 0 Å². The third-order valence-corrected chi connectivity index (χ3v) is 5.16. The molecule has 3 rings (SSSR count). The standard InChI is InChI=1S/C18H23N3O3S/c1-25(23,24)19-12-14-6-5-11-21(13-14)18(22)20-17-10-4-8-15-7-2-3-9-16(15)17/h2-4,7-10,14,19H,5-6,11-13H2,1H3,(H,20,22)/t14-/m0/s1. The Bertz CT molecular complexity index is 862. The van der Waals surface area contributed by atoms with Crippen molar-refractivity contribution in [3.63, 3.8) is 0 Å². The summed E-state index contributed by atoms with van der Waals surface area (Å²) >= 11 is 0. The van der Waals surface area contributed by atoms with Crippen molar-refractivity contribution in [2.24, 2.45) is 5.92 Å². The first kappa shape index (κ1) is 17.7. The molecule has 1 aliphatic rings. The van der Waals surface area contributed by atoms with Gasteiger partial charge in [0.25, 0.3) is 0 Å². The second kappa shape index (κ2) is 7.41. The number of fused-ring (bicyclic) bond motifs is 1. The molecule has 134 valence electrons. The average molecular weight is 361 g/mol. The number of nitrogens with one attached hydrogen (secondary N) is 2. The van der Waals surface area contributed by atoms with Crippen LogP contribution in [0.2, 0.25) is 0 Å². The van der Waals surface area contributed by atoms with Crippen LogP contribution in [0.3, 0.4) is 0 Å². The summed E-state index contributed by atoms with van der Waals surface area (Å²) in [7, 11) is -3.20. The lowest BCUT2D eigenvalue weighted by atomic mass is 9.99. The highest BCUT2D eigenvalue weighted by atomic mass is 32.2. The third-order valence-electron chi connectivity index (χ3n) is 4.47. The van der Waals surface area contributed by atoms with Gasteiger partial charge in [-0.25, -0.2) is 17.9 Å². The summed E-state index contributed by atoms with van der Waals surface area (Å²) in [5.74, 6) is 0.141. The van der Waals surface area contributed by atoms with Crippen molar-refractivity contribution in [2.75, 3.05) is 31.2 Å². The van der Waals surface area contributed by atoms with Gasteiger partial charge in [0.05, 0.1) is 11.9 Å². The number of hydrogen-bond donors (Lipinski definition) is 2. The minimum atomic E-state index is -3.20. The predicted octanol–water partition coefficient (Wildman–Crippen LogP) is 2.63. The molecule has 1 saturated heterocycles. The molecular formula is C18H23N3O3S. The van der Waals surface area contributed by atoms with Crippen LogP contribution in [0.1, 0.15) is 12.8 Å². The maximum Gasteiger partial charge on any atom is 0.321 e. The largest absolute Gasteiger partial charge is 0.324 e. The molecule has 1 fully saturated rings. The summed E-state index contributed by atoms with van der Waals surface area (Å²) in [6.45, 7) is 1.61. The first-order valence-electron chi connectivity index (χ1n) is 8.41. The molecular weight excluding hydrogens is 338 g/mol. The smallest absolute Gasteiger partial charge is 0.321 e. The van der Waals surface area contributed by atoms with Gasteiger partial charge in [0.2, 0.25) is 10.0 Å². The molecule has 0 spiro atoms. The van der Waals surface area contributed by atoms with E-state index in [1.807, 2.05) is 42.5 Å². The number of rotatable bonds is 4. The Morgan fingerprint density at radius 2 is 1.96 bits per heavy atom. The molecule has 0 bridgehead atoms. The molecule has 0 aliphatic carbocycles. The van der Waals surface area contributed by atoms with E-state index in [0.717, 1.165) is 35.6 Å². The van der Waals surface area contributed by atoms with Crippen molar-refractivity contribution in [3.8, 4) is 0 Å². The monoisotopic (exact) mass is 361 g/mol. The van der Waals surface area contributed by atoms with Gasteiger partial charge in [0, 0.05) is 25.0 Å². The van der Waals surface area contributed by atoms with E-state index >= 15 is 0 Å². The van der Waals surface area contributed by atoms with Crippen LogP contribution in [-0.2, 0) is 10.0 Å². The van der Waals surface area contributed by atoms with Gasteiger partial charge in [0.1, 0.15) is 0 Å². The second-order valence-corrected chi connectivity index (χ2v) is 8.36. The fourth-order valence-corrected chi connectivity index (χ4v) is 3.75. The van der Waals surface area contributed by atoms with E-state index in [1.165, 1.54) is 0 Å². The molecule has 2 aromatic carbocycles. The average Bonchev–Trinajstić information content (AvgIpc) is 2.60. The lowest BCUT2D eigenvalue weighted by Gasteiger charge is -2.32. The Labute approximate surface area is 148 Å². The molecule has 2 N–H and O–H groups in total. The number of piperidine rings is 1. The summed E-state index contributed by atoms with van der Waals surface area (Å²) in [4.78, 5) is 14.4. The number of urea groups is 1. The number of carbonyl (C=O) groups is 1. The third kappa shape index (κ3) is 4.70. The highest BCUT2D eigenvalue weighted by Crippen LogP contribution is 2.24. The van der Waals surface area contributed by atoms with E-state index in [2.05, 4.69) is 10.0 Å². The van der Waals surface area contributed by atoms with Crippen LogP contribution in [0.15, 0.2) is 42.5 Å². The minimum absolute atomic E-state index is 0.139. The first-order chi connectivity index (χ1) is 11.9. The summed E-state index contributed by atoms with van der Waals surface area (Å²) in [5.41, 5.74) is 0.791. The molecule has 1 atom stereocenters. The molecule has 6 nitrogen and oxygen atoms in total. The molecule has 0 saturated carbocycles. The zero-order valence-corrected chi connectivity index (χ0v) is 15.1. The van der Waals surface area contributed by atoms with Gasteiger partial charge in [-0.3, -0.25) is 0 Å². The Kier molecular flexibility index (Phi) is 5.24. The topological polar surface area (TPSA) is 78.5 Å². The second-order valence-electron chi connectivity index (χ2n) is 6.53. The van der Waals surface area contributed by atoms with Crippen LogP contribution in [0, 0.1) is 5.92 Å². The van der Waals surface area contributed by atoms with Gasteiger partial charge in [-0.2, -0.15) is 0 Å². The number of anilines is 1. The fraction of sp³-hybridized carbons (Fsp3) is 0.389. The Hall–Kier alpha value is -2.12. The number of sulfonamides is 1. The van der Waals surface area contributed by atoms with E-state index in [0.29, 0.717) is 19.6 Å². The lowest BCUT2D eigenvalue weighted by molar-refractivity contribution is 0.178. The molecule has 2 aromatic rings. The zero-order valence-electron chi connectivity index (χ0n) is 14.2.